The molecule has 0 aliphatic carbocycles. The van der Waals surface area contributed by atoms with Crippen LogP contribution in [0.2, 0.25) is 0 Å². The number of rotatable bonds is 4. The Morgan fingerprint density at radius 2 is 2.21 bits per heavy atom. The Bertz CT molecular complexity index is 301. The van der Waals surface area contributed by atoms with Gasteiger partial charge in [-0.15, -0.1) is 0 Å². The van der Waals surface area contributed by atoms with Crippen LogP contribution in [0.15, 0.2) is 18.2 Å². The maximum absolute atomic E-state index is 9.32. The van der Waals surface area contributed by atoms with Crippen molar-refractivity contribution in [3.05, 3.63) is 18.2 Å². The highest BCUT2D eigenvalue weighted by Gasteiger charge is 2.04. The molecule has 1 aromatic rings. The van der Waals surface area contributed by atoms with Crippen molar-refractivity contribution in [2.24, 2.45) is 0 Å². The molecule has 14 heavy (non-hydrogen) atoms. The summed E-state index contributed by atoms with van der Waals surface area (Å²) in [5, 5.41) is 21.2. The molecule has 0 fully saturated rings. The Labute approximate surface area is 83.1 Å². The van der Waals surface area contributed by atoms with Crippen molar-refractivity contribution in [3.8, 4) is 11.5 Å². The molecule has 78 valence electrons. The number of ether oxygens (including phenoxy) is 1. The largest absolute Gasteiger partial charge is 0.504 e. The van der Waals surface area contributed by atoms with Gasteiger partial charge in [-0.25, -0.2) is 0 Å². The lowest BCUT2D eigenvalue weighted by Gasteiger charge is -2.13. The van der Waals surface area contributed by atoms with Gasteiger partial charge in [0.2, 0.25) is 0 Å². The number of aliphatic hydroxyl groups excluding tert-OH is 1. The van der Waals surface area contributed by atoms with Gasteiger partial charge in [0.15, 0.2) is 11.5 Å². The van der Waals surface area contributed by atoms with E-state index in [0.29, 0.717) is 5.75 Å². The molecular formula is C10H15NO3. The Morgan fingerprint density at radius 3 is 2.79 bits per heavy atom. The quantitative estimate of drug-likeness (QED) is 0.634. The Hall–Kier alpha value is -1.42. The van der Waals surface area contributed by atoms with Crippen LogP contribution in [0.3, 0.4) is 0 Å². The lowest BCUT2D eigenvalue weighted by molar-refractivity contribution is 0.281. The maximum atomic E-state index is 9.32. The first-order chi connectivity index (χ1) is 6.67. The zero-order valence-electron chi connectivity index (χ0n) is 8.32. The number of hydrogen-bond acceptors (Lipinski definition) is 4. The van der Waals surface area contributed by atoms with E-state index in [1.807, 2.05) is 6.92 Å². The minimum Gasteiger partial charge on any atom is -0.504 e. The van der Waals surface area contributed by atoms with Crippen molar-refractivity contribution in [2.75, 3.05) is 19.0 Å². The first kappa shape index (κ1) is 10.7. The van der Waals surface area contributed by atoms with E-state index in [1.54, 1.807) is 18.2 Å². The van der Waals surface area contributed by atoms with Gasteiger partial charge < -0.3 is 20.3 Å². The second-order valence-corrected chi connectivity index (χ2v) is 3.11. The molecule has 0 saturated carbocycles. The second-order valence-electron chi connectivity index (χ2n) is 3.11. The Balaban J connectivity index is 2.79. The van der Waals surface area contributed by atoms with Crippen molar-refractivity contribution in [3.63, 3.8) is 0 Å². The number of anilines is 1. The molecule has 0 amide bonds. The summed E-state index contributed by atoms with van der Waals surface area (Å²) in [6.07, 6.45) is 0. The second kappa shape index (κ2) is 4.72. The van der Waals surface area contributed by atoms with Gasteiger partial charge in [0.25, 0.3) is 0 Å². The fourth-order valence-corrected chi connectivity index (χ4v) is 1.10. The van der Waals surface area contributed by atoms with E-state index >= 15 is 0 Å². The van der Waals surface area contributed by atoms with E-state index in [0.717, 1.165) is 5.69 Å². The van der Waals surface area contributed by atoms with E-state index in [1.165, 1.54) is 7.11 Å². The highest BCUT2D eigenvalue weighted by atomic mass is 16.5. The van der Waals surface area contributed by atoms with Crippen LogP contribution in [0.4, 0.5) is 5.69 Å². The molecular weight excluding hydrogens is 182 g/mol. The van der Waals surface area contributed by atoms with Gasteiger partial charge in [0.05, 0.1) is 13.7 Å². The van der Waals surface area contributed by atoms with Crippen LogP contribution in [0.1, 0.15) is 6.92 Å². The van der Waals surface area contributed by atoms with Gasteiger partial charge in [0.1, 0.15) is 0 Å². The first-order valence-electron chi connectivity index (χ1n) is 4.41. The van der Waals surface area contributed by atoms with E-state index < -0.39 is 0 Å². The van der Waals surface area contributed by atoms with Gasteiger partial charge in [0, 0.05) is 17.8 Å². The number of aliphatic hydroxyl groups is 1. The summed E-state index contributed by atoms with van der Waals surface area (Å²) in [5.41, 5.74) is 0.807. The lowest BCUT2D eigenvalue weighted by atomic mass is 10.2. The summed E-state index contributed by atoms with van der Waals surface area (Å²) in [6, 6.07) is 4.93. The zero-order chi connectivity index (χ0) is 10.6. The fourth-order valence-electron chi connectivity index (χ4n) is 1.10. The summed E-state index contributed by atoms with van der Waals surface area (Å²) in [7, 11) is 1.49. The molecule has 0 aliphatic rings. The molecule has 1 rings (SSSR count). The molecule has 0 radical (unpaired) electrons. The third kappa shape index (κ3) is 2.53. The van der Waals surface area contributed by atoms with Crippen LogP contribution >= 0.6 is 0 Å². The third-order valence-corrected chi connectivity index (χ3v) is 1.87. The average Bonchev–Trinajstić information content (AvgIpc) is 2.20. The molecule has 0 aromatic heterocycles. The van der Waals surface area contributed by atoms with Crippen LogP contribution in [0.25, 0.3) is 0 Å². The van der Waals surface area contributed by atoms with Gasteiger partial charge in [-0.05, 0) is 19.1 Å². The van der Waals surface area contributed by atoms with Crippen LogP contribution in [-0.2, 0) is 0 Å². The van der Waals surface area contributed by atoms with E-state index in [9.17, 15) is 5.11 Å². The van der Waals surface area contributed by atoms with E-state index in [2.05, 4.69) is 5.32 Å². The number of phenols is 1. The molecule has 0 heterocycles. The standard InChI is InChI=1S/C10H15NO3/c1-7(6-12)11-8-3-4-9(13)10(5-8)14-2/h3-5,7,11-13H,6H2,1-2H3. The van der Waals surface area contributed by atoms with E-state index in [-0.39, 0.29) is 18.4 Å². The van der Waals surface area contributed by atoms with E-state index in [4.69, 9.17) is 9.84 Å². The van der Waals surface area contributed by atoms with Crippen molar-refractivity contribution < 1.29 is 14.9 Å². The predicted octanol–water partition coefficient (Wildman–Crippen LogP) is 1.19. The Kier molecular flexibility index (Phi) is 3.59. The summed E-state index contributed by atoms with van der Waals surface area (Å²) in [5.74, 6) is 0.523. The molecule has 3 N–H and O–H groups in total. The molecule has 0 bridgehead atoms. The highest BCUT2D eigenvalue weighted by Crippen LogP contribution is 2.28. The lowest BCUT2D eigenvalue weighted by Crippen LogP contribution is -2.19. The molecule has 0 spiro atoms. The summed E-state index contributed by atoms with van der Waals surface area (Å²) in [6.45, 7) is 1.92. The molecule has 1 aromatic carbocycles. The van der Waals surface area contributed by atoms with Gasteiger partial charge in [-0.1, -0.05) is 0 Å². The predicted molar refractivity (Wildman–Crippen MR) is 54.8 cm³/mol. The topological polar surface area (TPSA) is 61.7 Å². The molecule has 1 unspecified atom stereocenters. The number of phenolic OH excluding ortho intramolecular Hbond substituents is 1. The number of benzene rings is 1. The van der Waals surface area contributed by atoms with Crippen molar-refractivity contribution in [1.29, 1.82) is 0 Å². The molecule has 4 heteroatoms. The highest BCUT2D eigenvalue weighted by molar-refractivity contribution is 5.54. The molecule has 0 saturated heterocycles. The zero-order valence-corrected chi connectivity index (χ0v) is 8.32. The minimum absolute atomic E-state index is 0.0238. The van der Waals surface area contributed by atoms with Crippen LogP contribution in [-0.4, -0.2) is 30.0 Å². The van der Waals surface area contributed by atoms with Crippen LogP contribution in [0.5, 0.6) is 11.5 Å². The normalized spacial score (nSPS) is 12.2. The molecule has 1 atom stereocenters. The Morgan fingerprint density at radius 1 is 1.50 bits per heavy atom. The van der Waals surface area contributed by atoms with Gasteiger partial charge in [-0.2, -0.15) is 0 Å². The van der Waals surface area contributed by atoms with Crippen LogP contribution in [0, 0.1) is 0 Å². The number of nitrogens with one attached hydrogen (secondary N) is 1. The van der Waals surface area contributed by atoms with Gasteiger partial charge >= 0.3 is 0 Å². The van der Waals surface area contributed by atoms with Crippen molar-refractivity contribution in [1.82, 2.24) is 0 Å². The van der Waals surface area contributed by atoms with Crippen molar-refractivity contribution >= 4 is 5.69 Å². The summed E-state index contributed by atoms with van der Waals surface area (Å²) in [4.78, 5) is 0. The first-order valence-corrected chi connectivity index (χ1v) is 4.41. The smallest absolute Gasteiger partial charge is 0.162 e. The van der Waals surface area contributed by atoms with Crippen molar-refractivity contribution in [2.45, 2.75) is 13.0 Å². The summed E-state index contributed by atoms with van der Waals surface area (Å²) >= 11 is 0. The number of methoxy groups -OCH3 is 1. The van der Waals surface area contributed by atoms with Gasteiger partial charge in [-0.3, -0.25) is 0 Å². The maximum Gasteiger partial charge on any atom is 0.162 e. The fraction of sp³-hybridized carbons (Fsp3) is 0.400. The number of hydrogen-bond donors (Lipinski definition) is 3. The monoisotopic (exact) mass is 197 g/mol. The molecule has 4 nitrogen and oxygen atoms in total. The SMILES string of the molecule is COc1cc(NC(C)CO)ccc1O. The van der Waals surface area contributed by atoms with Crippen LogP contribution < -0.4 is 10.1 Å². The number of aromatic hydroxyl groups is 1. The molecule has 0 aliphatic heterocycles. The minimum atomic E-state index is -0.0238. The summed E-state index contributed by atoms with van der Waals surface area (Å²) < 4.78 is 4.95. The third-order valence-electron chi connectivity index (χ3n) is 1.87. The average molecular weight is 197 g/mol.